The Kier molecular flexibility index (Phi) is 5.87. The van der Waals surface area contributed by atoms with E-state index in [-0.39, 0.29) is 12.4 Å². The van der Waals surface area contributed by atoms with Crippen molar-refractivity contribution >= 4 is 22.2 Å². The van der Waals surface area contributed by atoms with Crippen LogP contribution in [0.15, 0.2) is 58.3 Å². The van der Waals surface area contributed by atoms with Crippen molar-refractivity contribution in [3.63, 3.8) is 0 Å². The van der Waals surface area contributed by atoms with Gasteiger partial charge in [0.15, 0.2) is 0 Å². The molecule has 1 unspecified atom stereocenters. The van der Waals surface area contributed by atoms with Gasteiger partial charge in [0.25, 0.3) is 0 Å². The van der Waals surface area contributed by atoms with Crippen molar-refractivity contribution < 1.29 is 13.2 Å². The van der Waals surface area contributed by atoms with Crippen molar-refractivity contribution in [3.05, 3.63) is 54.1 Å². The first kappa shape index (κ1) is 19.2. The quantitative estimate of drug-likeness (QED) is 0.867. The molecule has 2 aliphatic rings. The number of piperazine rings is 1. The van der Waals surface area contributed by atoms with E-state index in [0.717, 1.165) is 38.2 Å². The molecule has 0 aromatic heterocycles. The lowest BCUT2D eigenvalue weighted by atomic mass is 9.98. The molecule has 7 heteroatoms. The minimum Gasteiger partial charge on any atom is -0.493 e. The topological polar surface area (TPSA) is 58.6 Å². The summed E-state index contributed by atoms with van der Waals surface area (Å²) in [5.74, 6) is 0.701. The van der Waals surface area contributed by atoms with Gasteiger partial charge in [-0.25, -0.2) is 8.42 Å². The summed E-state index contributed by atoms with van der Waals surface area (Å²) in [7, 11) is -3.52. The number of nitrogens with zero attached hydrogens (tertiary/aromatic N) is 1. The van der Waals surface area contributed by atoms with Gasteiger partial charge in [-0.1, -0.05) is 24.3 Å². The van der Waals surface area contributed by atoms with Crippen LogP contribution in [0.3, 0.4) is 0 Å². The molecule has 0 aliphatic carbocycles. The van der Waals surface area contributed by atoms with E-state index in [1.54, 1.807) is 36.4 Å². The van der Waals surface area contributed by atoms with Crippen molar-refractivity contribution in [1.82, 2.24) is 10.2 Å². The Morgan fingerprint density at radius 1 is 1.00 bits per heavy atom. The van der Waals surface area contributed by atoms with Crippen molar-refractivity contribution in [3.8, 4) is 5.75 Å². The smallest absolute Gasteiger partial charge is 0.206 e. The van der Waals surface area contributed by atoms with Gasteiger partial charge in [-0.05, 0) is 24.3 Å². The van der Waals surface area contributed by atoms with Crippen molar-refractivity contribution in [2.45, 2.75) is 22.3 Å². The number of hydrogen-bond acceptors (Lipinski definition) is 5. The second-order valence-corrected chi connectivity index (χ2v) is 8.40. The Labute approximate surface area is 160 Å². The maximum Gasteiger partial charge on any atom is 0.206 e. The number of hydrogen-bond donors (Lipinski definition) is 1. The summed E-state index contributed by atoms with van der Waals surface area (Å²) in [4.78, 5) is 3.06. The first-order valence-corrected chi connectivity index (χ1v) is 10.2. The van der Waals surface area contributed by atoms with Crippen LogP contribution in [0.5, 0.6) is 5.75 Å². The summed E-state index contributed by atoms with van der Waals surface area (Å²) in [6, 6.07) is 14.2. The van der Waals surface area contributed by atoms with E-state index in [0.29, 0.717) is 28.2 Å². The van der Waals surface area contributed by atoms with Gasteiger partial charge in [-0.15, -0.1) is 12.4 Å². The van der Waals surface area contributed by atoms with E-state index in [4.69, 9.17) is 4.74 Å². The van der Waals surface area contributed by atoms with E-state index in [1.165, 1.54) is 0 Å². The lowest BCUT2D eigenvalue weighted by Gasteiger charge is -2.38. The largest absolute Gasteiger partial charge is 0.493 e. The zero-order chi connectivity index (χ0) is 17.3. The lowest BCUT2D eigenvalue weighted by molar-refractivity contribution is 0.126. The number of ether oxygens (including phenoxy) is 1. The van der Waals surface area contributed by atoms with Gasteiger partial charge in [0.1, 0.15) is 5.75 Å². The Morgan fingerprint density at radius 3 is 2.46 bits per heavy atom. The minimum absolute atomic E-state index is 0. The van der Waals surface area contributed by atoms with Crippen molar-refractivity contribution in [2.75, 3.05) is 32.8 Å². The monoisotopic (exact) mass is 394 g/mol. The predicted molar refractivity (Wildman–Crippen MR) is 103 cm³/mol. The minimum atomic E-state index is -3.52. The average Bonchev–Trinajstić information content (AvgIpc) is 2.68. The molecule has 0 amide bonds. The first-order valence-electron chi connectivity index (χ1n) is 8.68. The van der Waals surface area contributed by atoms with Gasteiger partial charge in [0, 0.05) is 44.2 Å². The molecular formula is C19H23ClN2O3S. The summed E-state index contributed by atoms with van der Waals surface area (Å²) in [5, 5.41) is 3.37. The Morgan fingerprint density at radius 2 is 1.73 bits per heavy atom. The summed E-state index contributed by atoms with van der Waals surface area (Å²) in [6.45, 7) is 4.62. The van der Waals surface area contributed by atoms with E-state index < -0.39 is 9.84 Å². The standard InChI is InChI=1S/C19H22N2O3S.ClH/c22-25(23,15-4-2-1-3-5-15)16-6-7-17-18(8-13-24-19(17)14-16)21-11-9-20-10-12-21;/h1-7,14,18,20H,8-13H2;1H. The SMILES string of the molecule is Cl.O=S(=O)(c1ccccc1)c1ccc2c(c1)OCCC2N1CCNCC1. The molecule has 2 aromatic carbocycles. The van der Waals surface area contributed by atoms with Gasteiger partial charge < -0.3 is 10.1 Å². The number of halogens is 1. The third-order valence-corrected chi connectivity index (χ3v) is 6.72. The molecular weight excluding hydrogens is 372 g/mol. The molecule has 2 heterocycles. The molecule has 1 atom stereocenters. The summed E-state index contributed by atoms with van der Waals surface area (Å²) < 4.78 is 31.5. The molecule has 2 aromatic rings. The highest BCUT2D eigenvalue weighted by molar-refractivity contribution is 7.91. The molecule has 1 fully saturated rings. The molecule has 1 N–H and O–H groups in total. The fourth-order valence-corrected chi connectivity index (χ4v) is 4.92. The van der Waals surface area contributed by atoms with Crippen molar-refractivity contribution in [1.29, 1.82) is 0 Å². The zero-order valence-corrected chi connectivity index (χ0v) is 16.1. The fourth-order valence-electron chi connectivity index (χ4n) is 3.63. The molecule has 0 radical (unpaired) electrons. The lowest BCUT2D eigenvalue weighted by Crippen LogP contribution is -2.46. The van der Waals surface area contributed by atoms with Gasteiger partial charge >= 0.3 is 0 Å². The zero-order valence-electron chi connectivity index (χ0n) is 14.4. The molecule has 26 heavy (non-hydrogen) atoms. The van der Waals surface area contributed by atoms with Crippen LogP contribution >= 0.6 is 12.4 Å². The van der Waals surface area contributed by atoms with Crippen LogP contribution in [0.2, 0.25) is 0 Å². The van der Waals surface area contributed by atoms with Crippen LogP contribution in [0.4, 0.5) is 0 Å². The molecule has 1 saturated heterocycles. The van der Waals surface area contributed by atoms with Crippen LogP contribution in [0.25, 0.3) is 0 Å². The van der Waals surface area contributed by atoms with E-state index in [1.807, 2.05) is 12.1 Å². The van der Waals surface area contributed by atoms with E-state index >= 15 is 0 Å². The summed E-state index contributed by atoms with van der Waals surface area (Å²) in [5.41, 5.74) is 1.10. The third-order valence-electron chi connectivity index (χ3n) is 4.95. The number of nitrogens with one attached hydrogen (secondary N) is 1. The molecule has 4 rings (SSSR count). The second kappa shape index (κ2) is 7.96. The molecule has 140 valence electrons. The van der Waals surface area contributed by atoms with E-state index in [9.17, 15) is 8.42 Å². The first-order chi connectivity index (χ1) is 12.2. The molecule has 2 aliphatic heterocycles. The number of rotatable bonds is 3. The van der Waals surface area contributed by atoms with Crippen molar-refractivity contribution in [2.24, 2.45) is 0 Å². The molecule has 0 spiro atoms. The molecule has 0 bridgehead atoms. The highest BCUT2D eigenvalue weighted by atomic mass is 35.5. The third kappa shape index (κ3) is 3.60. The van der Waals surface area contributed by atoms with Gasteiger partial charge in [0.2, 0.25) is 9.84 Å². The highest BCUT2D eigenvalue weighted by Crippen LogP contribution is 2.38. The van der Waals surface area contributed by atoms with Crippen LogP contribution < -0.4 is 10.1 Å². The molecule has 5 nitrogen and oxygen atoms in total. The van der Waals surface area contributed by atoms with Crippen LogP contribution in [0.1, 0.15) is 18.0 Å². The number of sulfone groups is 1. The number of fused-ring (bicyclic) bond motifs is 1. The fraction of sp³-hybridized carbons (Fsp3) is 0.368. The highest BCUT2D eigenvalue weighted by Gasteiger charge is 2.29. The normalized spacial score (nSPS) is 20.5. The summed E-state index contributed by atoms with van der Waals surface area (Å²) in [6.07, 6.45) is 0.942. The van der Waals surface area contributed by atoms with Crippen LogP contribution in [0, 0.1) is 0 Å². The maximum atomic E-state index is 12.8. The van der Waals surface area contributed by atoms with E-state index in [2.05, 4.69) is 10.2 Å². The van der Waals surface area contributed by atoms with Gasteiger partial charge in [-0.2, -0.15) is 0 Å². The summed E-state index contributed by atoms with van der Waals surface area (Å²) >= 11 is 0. The van der Waals surface area contributed by atoms with Gasteiger partial charge in [-0.3, -0.25) is 4.90 Å². The Balaban J connectivity index is 0.00000196. The predicted octanol–water partition coefficient (Wildman–Crippen LogP) is 2.67. The van der Waals surface area contributed by atoms with Gasteiger partial charge in [0.05, 0.1) is 16.4 Å². The number of benzene rings is 2. The van der Waals surface area contributed by atoms with Crippen LogP contribution in [-0.2, 0) is 9.84 Å². The Bertz CT molecular complexity index is 852. The average molecular weight is 395 g/mol. The second-order valence-electron chi connectivity index (χ2n) is 6.46. The maximum absolute atomic E-state index is 12.8. The van der Waals surface area contributed by atoms with Crippen LogP contribution in [-0.4, -0.2) is 46.1 Å². The molecule has 0 saturated carbocycles. The Hall–Kier alpha value is -1.60.